The number of hydrogen-bond donors (Lipinski definition) is 1. The van der Waals surface area contributed by atoms with Gasteiger partial charge in [0.25, 0.3) is 0 Å². The van der Waals surface area contributed by atoms with E-state index in [1.165, 1.54) is 12.1 Å². The average Bonchev–Trinajstić information content (AvgIpc) is 2.18. The smallest absolute Gasteiger partial charge is 0.123 e. The van der Waals surface area contributed by atoms with Gasteiger partial charge in [0.15, 0.2) is 0 Å². The molecule has 0 saturated carbocycles. The van der Waals surface area contributed by atoms with Gasteiger partial charge in [-0.25, -0.2) is 4.39 Å². The summed E-state index contributed by atoms with van der Waals surface area (Å²) in [6, 6.07) is 4.16. The summed E-state index contributed by atoms with van der Waals surface area (Å²) in [6.07, 6.45) is 2.97. The topological polar surface area (TPSA) is 26.0 Å². The van der Waals surface area contributed by atoms with Gasteiger partial charge in [0.1, 0.15) is 5.82 Å². The number of nitrogens with two attached hydrogens (primary N) is 1. The Hall–Kier alpha value is -0.310. The molecule has 0 aliphatic carbocycles. The summed E-state index contributed by atoms with van der Waals surface area (Å²) in [4.78, 5) is 0. The lowest BCUT2D eigenvalue weighted by atomic mass is 10.0. The zero-order valence-corrected chi connectivity index (χ0v) is 10.2. The Morgan fingerprint density at radius 2 is 2.13 bits per heavy atom. The molecule has 0 spiro atoms. The summed E-state index contributed by atoms with van der Waals surface area (Å²) < 4.78 is 12.9. The normalized spacial score (nSPS) is 12.0. The van der Waals surface area contributed by atoms with E-state index in [-0.39, 0.29) is 24.3 Å². The van der Waals surface area contributed by atoms with Crippen molar-refractivity contribution in [1.82, 2.24) is 0 Å². The van der Waals surface area contributed by atoms with E-state index in [4.69, 9.17) is 17.3 Å². The lowest BCUT2D eigenvalue weighted by molar-refractivity contribution is 0.588. The molecule has 0 heterocycles. The zero-order valence-electron chi connectivity index (χ0n) is 8.67. The van der Waals surface area contributed by atoms with Crippen LogP contribution in [-0.4, -0.2) is 0 Å². The Morgan fingerprint density at radius 3 is 2.73 bits per heavy atom. The standard InChI is InChI=1S/C11H15ClFN.ClH/c1-2-3-4-11(14)9-7-8(13)5-6-10(9)12;/h5-7,11H,2-4,14H2,1H3;1H/t11-;/m0./s1. The maximum atomic E-state index is 12.9. The van der Waals surface area contributed by atoms with Gasteiger partial charge in [0.05, 0.1) is 0 Å². The Bertz CT molecular complexity index is 305. The maximum absolute atomic E-state index is 12.9. The SMILES string of the molecule is CCCC[C@H](N)c1cc(F)ccc1Cl.Cl. The third kappa shape index (κ3) is 4.37. The minimum Gasteiger partial charge on any atom is -0.324 e. The molecule has 15 heavy (non-hydrogen) atoms. The molecule has 1 nitrogen and oxygen atoms in total. The molecule has 0 aromatic heterocycles. The third-order valence-electron chi connectivity index (χ3n) is 2.23. The van der Waals surface area contributed by atoms with Gasteiger partial charge in [-0.15, -0.1) is 12.4 Å². The first kappa shape index (κ1) is 14.7. The summed E-state index contributed by atoms with van der Waals surface area (Å²) in [5, 5.41) is 0.551. The van der Waals surface area contributed by atoms with Crippen LogP contribution >= 0.6 is 24.0 Å². The first-order valence-electron chi connectivity index (χ1n) is 4.85. The molecule has 1 aromatic rings. The van der Waals surface area contributed by atoms with Crippen LogP contribution in [0, 0.1) is 5.82 Å². The van der Waals surface area contributed by atoms with Crippen LogP contribution in [0.25, 0.3) is 0 Å². The van der Waals surface area contributed by atoms with Crippen molar-refractivity contribution in [2.45, 2.75) is 32.2 Å². The summed E-state index contributed by atoms with van der Waals surface area (Å²) in [7, 11) is 0. The minimum absolute atomic E-state index is 0. The molecule has 0 aliphatic heterocycles. The molecule has 0 unspecified atom stereocenters. The third-order valence-corrected chi connectivity index (χ3v) is 2.57. The molecule has 0 amide bonds. The highest BCUT2D eigenvalue weighted by molar-refractivity contribution is 6.31. The van der Waals surface area contributed by atoms with Crippen LogP contribution < -0.4 is 5.73 Å². The van der Waals surface area contributed by atoms with Crippen molar-refractivity contribution >= 4 is 24.0 Å². The van der Waals surface area contributed by atoms with E-state index in [0.29, 0.717) is 10.6 Å². The molecule has 1 atom stereocenters. The van der Waals surface area contributed by atoms with E-state index < -0.39 is 0 Å². The van der Waals surface area contributed by atoms with E-state index in [2.05, 4.69) is 6.92 Å². The highest BCUT2D eigenvalue weighted by atomic mass is 35.5. The van der Waals surface area contributed by atoms with E-state index in [1.54, 1.807) is 6.07 Å². The van der Waals surface area contributed by atoms with Crippen molar-refractivity contribution in [2.75, 3.05) is 0 Å². The van der Waals surface area contributed by atoms with Crippen molar-refractivity contribution in [3.63, 3.8) is 0 Å². The van der Waals surface area contributed by atoms with Crippen LogP contribution in [0.4, 0.5) is 4.39 Å². The summed E-state index contributed by atoms with van der Waals surface area (Å²) >= 11 is 5.92. The second kappa shape index (κ2) is 7.04. The molecule has 1 aromatic carbocycles. The summed E-state index contributed by atoms with van der Waals surface area (Å²) in [5.74, 6) is -0.281. The summed E-state index contributed by atoms with van der Waals surface area (Å²) in [6.45, 7) is 2.10. The highest BCUT2D eigenvalue weighted by Gasteiger charge is 2.10. The van der Waals surface area contributed by atoms with Gasteiger partial charge >= 0.3 is 0 Å². The second-order valence-corrected chi connectivity index (χ2v) is 3.82. The molecule has 0 saturated heterocycles. The van der Waals surface area contributed by atoms with Crippen molar-refractivity contribution in [2.24, 2.45) is 5.73 Å². The predicted molar refractivity (Wildman–Crippen MR) is 65.1 cm³/mol. The zero-order chi connectivity index (χ0) is 10.6. The fourth-order valence-electron chi connectivity index (χ4n) is 1.38. The van der Waals surface area contributed by atoms with Gasteiger partial charge in [-0.1, -0.05) is 31.4 Å². The predicted octanol–water partition coefficient (Wildman–Crippen LogP) is 4.09. The molecular weight excluding hydrogens is 236 g/mol. The molecule has 4 heteroatoms. The van der Waals surface area contributed by atoms with Gasteiger partial charge in [-0.2, -0.15) is 0 Å². The number of halogens is 3. The van der Waals surface area contributed by atoms with Gasteiger partial charge in [0, 0.05) is 11.1 Å². The van der Waals surface area contributed by atoms with E-state index in [9.17, 15) is 4.39 Å². The Balaban J connectivity index is 0.00000196. The first-order chi connectivity index (χ1) is 6.65. The van der Waals surface area contributed by atoms with Gasteiger partial charge in [-0.05, 0) is 30.2 Å². The van der Waals surface area contributed by atoms with E-state index in [1.807, 2.05) is 0 Å². The number of benzene rings is 1. The Labute approximate surface area is 101 Å². The van der Waals surface area contributed by atoms with Gasteiger partial charge < -0.3 is 5.73 Å². The highest BCUT2D eigenvalue weighted by Crippen LogP contribution is 2.25. The van der Waals surface area contributed by atoms with Gasteiger partial charge in [0.2, 0.25) is 0 Å². The van der Waals surface area contributed by atoms with Crippen LogP contribution in [0.5, 0.6) is 0 Å². The van der Waals surface area contributed by atoms with Crippen LogP contribution in [0.3, 0.4) is 0 Å². The molecular formula is C11H16Cl2FN. The van der Waals surface area contributed by atoms with Crippen molar-refractivity contribution in [3.05, 3.63) is 34.6 Å². The maximum Gasteiger partial charge on any atom is 0.123 e. The second-order valence-electron chi connectivity index (χ2n) is 3.41. The van der Waals surface area contributed by atoms with Crippen LogP contribution in [0.1, 0.15) is 37.8 Å². The average molecular weight is 252 g/mol. The molecule has 2 N–H and O–H groups in total. The van der Waals surface area contributed by atoms with Crippen molar-refractivity contribution in [3.8, 4) is 0 Å². The van der Waals surface area contributed by atoms with Gasteiger partial charge in [-0.3, -0.25) is 0 Å². The van der Waals surface area contributed by atoms with E-state index in [0.717, 1.165) is 19.3 Å². The largest absolute Gasteiger partial charge is 0.324 e. The number of rotatable bonds is 4. The molecule has 0 aliphatic rings. The monoisotopic (exact) mass is 251 g/mol. The molecule has 0 bridgehead atoms. The molecule has 0 radical (unpaired) electrons. The molecule has 86 valence electrons. The minimum atomic E-state index is -0.281. The quantitative estimate of drug-likeness (QED) is 0.858. The molecule has 1 rings (SSSR count). The number of unbranched alkanes of at least 4 members (excludes halogenated alkanes) is 1. The molecule has 0 fully saturated rings. The van der Waals surface area contributed by atoms with Crippen molar-refractivity contribution in [1.29, 1.82) is 0 Å². The lowest BCUT2D eigenvalue weighted by Crippen LogP contribution is -2.10. The van der Waals surface area contributed by atoms with Crippen LogP contribution in [-0.2, 0) is 0 Å². The van der Waals surface area contributed by atoms with E-state index >= 15 is 0 Å². The fourth-order valence-corrected chi connectivity index (χ4v) is 1.64. The first-order valence-corrected chi connectivity index (χ1v) is 5.23. The van der Waals surface area contributed by atoms with Crippen LogP contribution in [0.15, 0.2) is 18.2 Å². The Morgan fingerprint density at radius 1 is 1.47 bits per heavy atom. The van der Waals surface area contributed by atoms with Crippen molar-refractivity contribution < 1.29 is 4.39 Å². The van der Waals surface area contributed by atoms with Crippen LogP contribution in [0.2, 0.25) is 5.02 Å². The number of hydrogen-bond acceptors (Lipinski definition) is 1. The Kier molecular flexibility index (Phi) is 6.90. The summed E-state index contributed by atoms with van der Waals surface area (Å²) in [5.41, 5.74) is 6.61. The fraction of sp³-hybridized carbons (Fsp3) is 0.455. The lowest BCUT2D eigenvalue weighted by Gasteiger charge is -2.12.